The predicted octanol–water partition coefficient (Wildman–Crippen LogP) is 2.35. The number of rotatable bonds is 5. The van der Waals surface area contributed by atoms with Gasteiger partial charge in [-0.2, -0.15) is 5.26 Å². The number of imidazole rings is 2. The van der Waals surface area contributed by atoms with Crippen molar-refractivity contribution in [3.05, 3.63) is 66.3 Å². The maximum absolute atomic E-state index is 14.0. The number of fused-ring (bicyclic) bond motifs is 1. The molecule has 27 heavy (non-hydrogen) atoms. The fraction of sp³-hybridized carbons (Fsp3) is 0.158. The van der Waals surface area contributed by atoms with E-state index in [0.717, 1.165) is 11.1 Å². The van der Waals surface area contributed by atoms with Crippen LogP contribution < -0.4 is 0 Å². The molecule has 0 saturated heterocycles. The average Bonchev–Trinajstić information content (AvgIpc) is 3.30. The van der Waals surface area contributed by atoms with E-state index < -0.39 is 5.82 Å². The summed E-state index contributed by atoms with van der Waals surface area (Å²) in [5, 5.41) is 18.6. The summed E-state index contributed by atoms with van der Waals surface area (Å²) in [6.07, 6.45) is 8.73. The lowest BCUT2D eigenvalue weighted by Gasteiger charge is -2.09. The van der Waals surface area contributed by atoms with Crippen LogP contribution in [0, 0.1) is 17.1 Å². The Morgan fingerprint density at radius 3 is 2.81 bits per heavy atom. The molecule has 0 atom stereocenters. The summed E-state index contributed by atoms with van der Waals surface area (Å²) in [5.41, 5.74) is 2.67. The number of aliphatic hydroxyl groups excluding tert-OH is 1. The van der Waals surface area contributed by atoms with E-state index in [0.29, 0.717) is 23.4 Å². The number of hydrogen-bond acceptors (Lipinski definition) is 5. The number of hydrogen-bond donors (Lipinski definition) is 1. The summed E-state index contributed by atoms with van der Waals surface area (Å²) < 4.78 is 17.7. The first kappa shape index (κ1) is 16.9. The fourth-order valence-electron chi connectivity index (χ4n) is 3.07. The van der Waals surface area contributed by atoms with Gasteiger partial charge in [-0.25, -0.2) is 14.4 Å². The van der Waals surface area contributed by atoms with Crippen LogP contribution in [0.1, 0.15) is 11.1 Å². The highest BCUT2D eigenvalue weighted by Crippen LogP contribution is 2.27. The van der Waals surface area contributed by atoms with Crippen molar-refractivity contribution in [1.29, 1.82) is 5.26 Å². The van der Waals surface area contributed by atoms with E-state index in [-0.39, 0.29) is 18.7 Å². The zero-order valence-electron chi connectivity index (χ0n) is 14.2. The topological polar surface area (TPSA) is 92.5 Å². The maximum Gasteiger partial charge on any atom is 0.143 e. The molecule has 0 aliphatic rings. The van der Waals surface area contributed by atoms with Crippen LogP contribution in [0.3, 0.4) is 0 Å². The van der Waals surface area contributed by atoms with Crippen molar-refractivity contribution in [2.24, 2.45) is 0 Å². The van der Waals surface area contributed by atoms with Crippen LogP contribution in [0.4, 0.5) is 4.39 Å². The standard InChI is InChI=1S/C19H15FN6O/c20-16-7-17-18(6-14(16)8-21)26(3-4-27)19(24-17)15-5-13(9-23-10-15)11-25-2-1-22-12-25/h1-2,5-7,9-10,12,27H,3-4,11H2. The van der Waals surface area contributed by atoms with Crippen molar-refractivity contribution in [3.63, 3.8) is 0 Å². The molecule has 0 spiro atoms. The van der Waals surface area contributed by atoms with Gasteiger partial charge < -0.3 is 14.2 Å². The Balaban J connectivity index is 1.83. The monoisotopic (exact) mass is 362 g/mol. The van der Waals surface area contributed by atoms with E-state index in [2.05, 4.69) is 15.0 Å². The normalized spacial score (nSPS) is 11.0. The molecule has 0 aliphatic heterocycles. The van der Waals surface area contributed by atoms with Crippen molar-refractivity contribution in [2.45, 2.75) is 13.1 Å². The number of halogens is 1. The second kappa shape index (κ2) is 6.97. The van der Waals surface area contributed by atoms with Crippen molar-refractivity contribution >= 4 is 11.0 Å². The zero-order valence-corrected chi connectivity index (χ0v) is 14.2. The summed E-state index contributed by atoms with van der Waals surface area (Å²) in [4.78, 5) is 12.8. The van der Waals surface area contributed by atoms with Gasteiger partial charge in [0, 0.05) is 43.0 Å². The Morgan fingerprint density at radius 2 is 2.07 bits per heavy atom. The van der Waals surface area contributed by atoms with E-state index in [1.54, 1.807) is 29.5 Å². The SMILES string of the molecule is N#Cc1cc2c(cc1F)nc(-c1cncc(Cn3ccnc3)c1)n2CCO. The first-order valence-corrected chi connectivity index (χ1v) is 8.30. The maximum atomic E-state index is 14.0. The minimum absolute atomic E-state index is 0.0554. The molecule has 3 aromatic heterocycles. The lowest BCUT2D eigenvalue weighted by Crippen LogP contribution is -2.05. The largest absolute Gasteiger partial charge is 0.395 e. The van der Waals surface area contributed by atoms with E-state index in [4.69, 9.17) is 5.26 Å². The van der Waals surface area contributed by atoms with Gasteiger partial charge in [-0.15, -0.1) is 0 Å². The quantitative estimate of drug-likeness (QED) is 0.588. The summed E-state index contributed by atoms with van der Waals surface area (Å²) in [6, 6.07) is 6.49. The lowest BCUT2D eigenvalue weighted by atomic mass is 10.2. The average molecular weight is 362 g/mol. The molecule has 134 valence electrons. The number of pyridine rings is 1. The molecular formula is C19H15FN6O. The van der Waals surface area contributed by atoms with Gasteiger partial charge in [0.25, 0.3) is 0 Å². The molecule has 0 unspecified atom stereocenters. The van der Waals surface area contributed by atoms with Crippen LogP contribution in [0.25, 0.3) is 22.4 Å². The molecule has 8 heteroatoms. The molecule has 0 amide bonds. The molecule has 4 rings (SSSR count). The Labute approximate surface area is 154 Å². The third-order valence-corrected chi connectivity index (χ3v) is 4.26. The molecule has 0 saturated carbocycles. The highest BCUT2D eigenvalue weighted by atomic mass is 19.1. The van der Waals surface area contributed by atoms with E-state index in [1.165, 1.54) is 12.1 Å². The molecule has 3 heterocycles. The second-order valence-electron chi connectivity index (χ2n) is 6.06. The number of benzene rings is 1. The minimum Gasteiger partial charge on any atom is -0.395 e. The van der Waals surface area contributed by atoms with Gasteiger partial charge in [0.2, 0.25) is 0 Å². The van der Waals surface area contributed by atoms with E-state index in [1.807, 2.05) is 22.9 Å². The molecule has 1 aromatic carbocycles. The van der Waals surface area contributed by atoms with Gasteiger partial charge in [-0.1, -0.05) is 0 Å². The highest BCUT2D eigenvalue weighted by molar-refractivity contribution is 5.82. The molecule has 7 nitrogen and oxygen atoms in total. The molecule has 0 aliphatic carbocycles. The van der Waals surface area contributed by atoms with Gasteiger partial charge >= 0.3 is 0 Å². The Hall–Kier alpha value is -3.57. The number of aliphatic hydroxyl groups is 1. The van der Waals surface area contributed by atoms with Gasteiger partial charge in [-0.3, -0.25) is 4.98 Å². The number of aromatic nitrogens is 5. The van der Waals surface area contributed by atoms with Crippen LogP contribution in [0.15, 0.2) is 49.3 Å². The molecule has 0 radical (unpaired) electrons. The smallest absolute Gasteiger partial charge is 0.143 e. The molecular weight excluding hydrogens is 347 g/mol. The summed E-state index contributed by atoms with van der Waals surface area (Å²) in [6.45, 7) is 0.766. The Morgan fingerprint density at radius 1 is 1.19 bits per heavy atom. The van der Waals surface area contributed by atoms with E-state index >= 15 is 0 Å². The molecule has 4 aromatic rings. The summed E-state index contributed by atoms with van der Waals surface area (Å²) in [5.74, 6) is -0.0503. The Kier molecular flexibility index (Phi) is 4.36. The summed E-state index contributed by atoms with van der Waals surface area (Å²) >= 11 is 0. The third kappa shape index (κ3) is 3.16. The van der Waals surface area contributed by atoms with Crippen LogP contribution in [0.5, 0.6) is 0 Å². The van der Waals surface area contributed by atoms with Crippen molar-refractivity contribution in [1.82, 2.24) is 24.1 Å². The third-order valence-electron chi connectivity index (χ3n) is 4.26. The Bertz CT molecular complexity index is 1140. The van der Waals surface area contributed by atoms with Gasteiger partial charge in [-0.05, 0) is 17.7 Å². The highest BCUT2D eigenvalue weighted by Gasteiger charge is 2.16. The molecule has 1 N–H and O–H groups in total. The number of nitrogens with zero attached hydrogens (tertiary/aromatic N) is 6. The van der Waals surface area contributed by atoms with Crippen LogP contribution in [-0.4, -0.2) is 35.8 Å². The van der Waals surface area contributed by atoms with Gasteiger partial charge in [0.15, 0.2) is 0 Å². The first-order valence-electron chi connectivity index (χ1n) is 8.30. The van der Waals surface area contributed by atoms with Crippen molar-refractivity contribution in [2.75, 3.05) is 6.61 Å². The fourth-order valence-corrected chi connectivity index (χ4v) is 3.07. The molecule has 0 bridgehead atoms. The number of nitriles is 1. The predicted molar refractivity (Wildman–Crippen MR) is 96.1 cm³/mol. The zero-order chi connectivity index (χ0) is 18.8. The first-order chi connectivity index (χ1) is 13.2. The lowest BCUT2D eigenvalue weighted by molar-refractivity contribution is 0.278. The van der Waals surface area contributed by atoms with Gasteiger partial charge in [0.05, 0.1) is 36.1 Å². The second-order valence-corrected chi connectivity index (χ2v) is 6.06. The van der Waals surface area contributed by atoms with Crippen LogP contribution in [0.2, 0.25) is 0 Å². The van der Waals surface area contributed by atoms with Crippen LogP contribution >= 0.6 is 0 Å². The molecule has 0 fully saturated rings. The van der Waals surface area contributed by atoms with Crippen molar-refractivity contribution in [3.8, 4) is 17.5 Å². The minimum atomic E-state index is -0.614. The van der Waals surface area contributed by atoms with Crippen LogP contribution in [-0.2, 0) is 13.1 Å². The van der Waals surface area contributed by atoms with Gasteiger partial charge in [0.1, 0.15) is 17.7 Å². The van der Waals surface area contributed by atoms with E-state index in [9.17, 15) is 9.50 Å². The van der Waals surface area contributed by atoms with Crippen molar-refractivity contribution < 1.29 is 9.50 Å². The summed E-state index contributed by atoms with van der Waals surface area (Å²) in [7, 11) is 0.